The highest BCUT2D eigenvalue weighted by molar-refractivity contribution is 8.02. The number of hydrogen-bond acceptors (Lipinski definition) is 7. The molecule has 1 aromatic carbocycles. The van der Waals surface area contributed by atoms with Gasteiger partial charge in [0.05, 0.1) is 19.7 Å². The van der Waals surface area contributed by atoms with E-state index in [4.69, 9.17) is 15.2 Å². The standard InChI is InChI=1S/C18H24N2O5S/c1-18(2,3)25-17(23)15-20(12(21)10-19)13(11-8-6-5-7-9-11)14(26-15)16(22)24-4/h5-9,13-15H,10,19H2,1-4H3/t13-,14-,15-/m0/s1. The lowest BCUT2D eigenvalue weighted by molar-refractivity contribution is -0.161. The molecule has 0 aromatic heterocycles. The highest BCUT2D eigenvalue weighted by atomic mass is 32.2. The predicted molar refractivity (Wildman–Crippen MR) is 98.1 cm³/mol. The summed E-state index contributed by atoms with van der Waals surface area (Å²) in [4.78, 5) is 38.9. The third kappa shape index (κ3) is 4.37. The molecule has 1 aliphatic rings. The number of nitrogens with two attached hydrogens (primary N) is 1. The van der Waals surface area contributed by atoms with Crippen LogP contribution in [0.3, 0.4) is 0 Å². The van der Waals surface area contributed by atoms with Gasteiger partial charge in [-0.2, -0.15) is 0 Å². The van der Waals surface area contributed by atoms with E-state index in [1.54, 1.807) is 45.0 Å². The molecule has 142 valence electrons. The molecule has 8 heteroatoms. The normalized spacial score (nSPS) is 22.8. The van der Waals surface area contributed by atoms with Gasteiger partial charge in [-0.25, -0.2) is 4.79 Å². The molecule has 7 nitrogen and oxygen atoms in total. The maximum Gasteiger partial charge on any atom is 0.340 e. The number of thioether (sulfide) groups is 1. The lowest BCUT2D eigenvalue weighted by Crippen LogP contribution is -2.46. The Bertz CT molecular complexity index is 674. The largest absolute Gasteiger partial charge is 0.468 e. The van der Waals surface area contributed by atoms with E-state index in [0.29, 0.717) is 0 Å². The average Bonchev–Trinajstić information content (AvgIpc) is 3.00. The summed E-state index contributed by atoms with van der Waals surface area (Å²) >= 11 is 1.05. The fraction of sp³-hybridized carbons (Fsp3) is 0.500. The van der Waals surface area contributed by atoms with E-state index in [1.165, 1.54) is 12.0 Å². The van der Waals surface area contributed by atoms with Gasteiger partial charge in [-0.1, -0.05) is 30.3 Å². The number of rotatable bonds is 4. The van der Waals surface area contributed by atoms with Crippen LogP contribution in [0.5, 0.6) is 0 Å². The van der Waals surface area contributed by atoms with Crippen LogP contribution < -0.4 is 5.73 Å². The fourth-order valence-electron chi connectivity index (χ4n) is 2.77. The summed E-state index contributed by atoms with van der Waals surface area (Å²) in [5.41, 5.74) is 5.57. The molecular weight excluding hydrogens is 356 g/mol. The highest BCUT2D eigenvalue weighted by Crippen LogP contribution is 2.46. The summed E-state index contributed by atoms with van der Waals surface area (Å²) in [5, 5.41) is -1.73. The van der Waals surface area contributed by atoms with Crippen LogP contribution in [0.25, 0.3) is 0 Å². The van der Waals surface area contributed by atoms with Crippen LogP contribution in [0.15, 0.2) is 30.3 Å². The zero-order chi connectivity index (χ0) is 19.5. The monoisotopic (exact) mass is 380 g/mol. The molecule has 1 amide bonds. The Hall–Kier alpha value is -2.06. The molecule has 1 fully saturated rings. The van der Waals surface area contributed by atoms with Gasteiger partial charge in [-0.05, 0) is 26.3 Å². The first kappa shape index (κ1) is 20.3. The second kappa shape index (κ2) is 8.09. The third-order valence-corrected chi connectivity index (χ3v) is 5.18. The Morgan fingerprint density at radius 1 is 1.15 bits per heavy atom. The van der Waals surface area contributed by atoms with Crippen LogP contribution >= 0.6 is 11.8 Å². The first-order valence-corrected chi connectivity index (χ1v) is 9.16. The summed E-state index contributed by atoms with van der Waals surface area (Å²) in [5.74, 6) is -1.53. The second-order valence-electron chi connectivity index (χ2n) is 6.83. The molecule has 2 rings (SSSR count). The van der Waals surface area contributed by atoms with Gasteiger partial charge in [0.15, 0.2) is 5.37 Å². The Balaban J connectivity index is 2.48. The summed E-state index contributed by atoms with van der Waals surface area (Å²) in [7, 11) is 1.28. The minimum absolute atomic E-state index is 0.281. The lowest BCUT2D eigenvalue weighted by atomic mass is 10.0. The topological polar surface area (TPSA) is 98.9 Å². The number of carbonyl (C=O) groups excluding carboxylic acids is 3. The van der Waals surface area contributed by atoms with Gasteiger partial charge in [0.1, 0.15) is 10.9 Å². The first-order chi connectivity index (χ1) is 12.2. The third-order valence-electron chi connectivity index (χ3n) is 3.76. The summed E-state index contributed by atoms with van der Waals surface area (Å²) in [6.45, 7) is 4.95. The number of ether oxygens (including phenoxy) is 2. The molecule has 1 aromatic rings. The van der Waals surface area contributed by atoms with Gasteiger partial charge >= 0.3 is 11.9 Å². The van der Waals surface area contributed by atoms with E-state index in [-0.39, 0.29) is 6.54 Å². The van der Waals surface area contributed by atoms with Crippen molar-refractivity contribution in [2.45, 2.75) is 43.0 Å². The van der Waals surface area contributed by atoms with E-state index in [1.807, 2.05) is 6.07 Å². The van der Waals surface area contributed by atoms with E-state index in [0.717, 1.165) is 17.3 Å². The van der Waals surface area contributed by atoms with Crippen molar-refractivity contribution in [2.24, 2.45) is 5.73 Å². The van der Waals surface area contributed by atoms with Crippen molar-refractivity contribution >= 4 is 29.6 Å². The fourth-order valence-corrected chi connectivity index (χ4v) is 4.23. The summed E-state index contributed by atoms with van der Waals surface area (Å²) < 4.78 is 10.3. The molecule has 0 unspecified atom stereocenters. The van der Waals surface area contributed by atoms with Crippen LogP contribution in [0.2, 0.25) is 0 Å². The molecule has 1 saturated heterocycles. The average molecular weight is 380 g/mol. The SMILES string of the molecule is COC(=O)[C@H]1S[C@@H](C(=O)OC(C)(C)C)N(C(=O)CN)[C@H]1c1ccccc1. The van der Waals surface area contributed by atoms with Gasteiger partial charge in [-0.3, -0.25) is 9.59 Å². The van der Waals surface area contributed by atoms with Crippen LogP contribution in [0, 0.1) is 0 Å². The Labute approximate surface area is 157 Å². The van der Waals surface area contributed by atoms with E-state index < -0.39 is 40.1 Å². The smallest absolute Gasteiger partial charge is 0.340 e. The number of amides is 1. The molecule has 2 N–H and O–H groups in total. The quantitative estimate of drug-likeness (QED) is 0.790. The van der Waals surface area contributed by atoms with Crippen molar-refractivity contribution in [3.05, 3.63) is 35.9 Å². The number of esters is 2. The van der Waals surface area contributed by atoms with Crippen molar-refractivity contribution < 1.29 is 23.9 Å². The van der Waals surface area contributed by atoms with Crippen molar-refractivity contribution in [3.63, 3.8) is 0 Å². The highest BCUT2D eigenvalue weighted by Gasteiger charge is 2.52. The second-order valence-corrected chi connectivity index (χ2v) is 8.05. The van der Waals surface area contributed by atoms with Crippen molar-refractivity contribution in [2.75, 3.05) is 13.7 Å². The minimum atomic E-state index is -0.973. The van der Waals surface area contributed by atoms with Gasteiger partial charge in [-0.15, -0.1) is 11.8 Å². The van der Waals surface area contributed by atoms with E-state index in [9.17, 15) is 14.4 Å². The van der Waals surface area contributed by atoms with Crippen LogP contribution in [0.1, 0.15) is 32.4 Å². The Kier molecular flexibility index (Phi) is 6.30. The molecular formula is C18H24N2O5S. The number of carbonyl (C=O) groups is 3. The van der Waals surface area contributed by atoms with Crippen molar-refractivity contribution in [1.29, 1.82) is 0 Å². The van der Waals surface area contributed by atoms with E-state index in [2.05, 4.69) is 0 Å². The van der Waals surface area contributed by atoms with E-state index >= 15 is 0 Å². The van der Waals surface area contributed by atoms with Gasteiger partial charge < -0.3 is 20.1 Å². The zero-order valence-electron chi connectivity index (χ0n) is 15.3. The molecule has 3 atom stereocenters. The molecule has 0 aliphatic carbocycles. The van der Waals surface area contributed by atoms with Gasteiger partial charge in [0.25, 0.3) is 0 Å². The van der Waals surface area contributed by atoms with Crippen LogP contribution in [-0.4, -0.2) is 52.6 Å². The van der Waals surface area contributed by atoms with Gasteiger partial charge in [0, 0.05) is 0 Å². The number of methoxy groups -OCH3 is 1. The Morgan fingerprint density at radius 3 is 2.27 bits per heavy atom. The number of hydrogen-bond donors (Lipinski definition) is 1. The molecule has 0 bridgehead atoms. The van der Waals surface area contributed by atoms with Crippen molar-refractivity contribution in [1.82, 2.24) is 4.90 Å². The molecule has 0 radical (unpaired) electrons. The maximum atomic E-state index is 12.7. The maximum absolute atomic E-state index is 12.7. The van der Waals surface area contributed by atoms with Gasteiger partial charge in [0.2, 0.25) is 5.91 Å². The predicted octanol–water partition coefficient (Wildman–Crippen LogP) is 1.47. The molecule has 26 heavy (non-hydrogen) atoms. The molecule has 1 heterocycles. The Morgan fingerprint density at radius 2 is 1.77 bits per heavy atom. The van der Waals surface area contributed by atoms with Crippen LogP contribution in [-0.2, 0) is 23.9 Å². The number of nitrogens with zero attached hydrogens (tertiary/aromatic N) is 1. The molecule has 1 aliphatic heterocycles. The number of benzene rings is 1. The summed E-state index contributed by atoms with van der Waals surface area (Å²) in [6, 6.07) is 8.38. The summed E-state index contributed by atoms with van der Waals surface area (Å²) in [6.07, 6.45) is 0. The molecule has 0 saturated carbocycles. The molecule has 0 spiro atoms. The lowest BCUT2D eigenvalue weighted by Gasteiger charge is -2.30. The van der Waals surface area contributed by atoms with Crippen molar-refractivity contribution in [3.8, 4) is 0 Å². The van der Waals surface area contributed by atoms with Crippen LogP contribution in [0.4, 0.5) is 0 Å². The zero-order valence-corrected chi connectivity index (χ0v) is 16.1. The first-order valence-electron chi connectivity index (χ1n) is 8.22. The minimum Gasteiger partial charge on any atom is -0.468 e.